The van der Waals surface area contributed by atoms with E-state index < -0.39 is 29.5 Å². The fourth-order valence-corrected chi connectivity index (χ4v) is 3.33. The molecule has 2 rings (SSSR count). The first kappa shape index (κ1) is 29.5. The van der Waals surface area contributed by atoms with Crippen LogP contribution in [-0.4, -0.2) is 49.6 Å². The topological polar surface area (TPSA) is 137 Å². The van der Waals surface area contributed by atoms with Crippen LogP contribution in [0.25, 0.3) is 10.8 Å². The minimum Gasteiger partial charge on any atom is -0.497 e. The Balaban J connectivity index is 0.000000350. The molecule has 0 aliphatic rings. The van der Waals surface area contributed by atoms with Gasteiger partial charge < -0.3 is 30.4 Å². The van der Waals surface area contributed by atoms with Crippen LogP contribution in [0.4, 0.5) is 9.59 Å². The van der Waals surface area contributed by atoms with Crippen molar-refractivity contribution in [3.8, 4) is 5.75 Å². The number of hydrogen-bond acceptors (Lipinski definition) is 6. The number of fused-ring (bicyclic) bond motifs is 1. The normalized spacial score (nSPS) is 13.1. The van der Waals surface area contributed by atoms with Crippen molar-refractivity contribution >= 4 is 28.9 Å². The third-order valence-electron chi connectivity index (χ3n) is 5.32. The van der Waals surface area contributed by atoms with E-state index in [0.29, 0.717) is 0 Å². The number of hydrogen-bond donors (Lipinski definition) is 3. The lowest BCUT2D eigenvalue weighted by Gasteiger charge is -2.27. The number of alkyl carbamates (subject to hydrolysis) is 1. The van der Waals surface area contributed by atoms with Gasteiger partial charge in [-0.05, 0) is 55.7 Å². The van der Waals surface area contributed by atoms with Crippen LogP contribution < -0.4 is 15.8 Å². The first-order valence-corrected chi connectivity index (χ1v) is 11.6. The lowest BCUT2D eigenvalue weighted by Crippen LogP contribution is -2.37. The summed E-state index contributed by atoms with van der Waals surface area (Å²) in [7, 11) is 1.63. The Morgan fingerprint density at radius 3 is 2.17 bits per heavy atom. The second kappa shape index (κ2) is 14.0. The van der Waals surface area contributed by atoms with Gasteiger partial charge in [-0.1, -0.05) is 44.5 Å². The highest BCUT2D eigenvalue weighted by Gasteiger charge is 2.27. The van der Waals surface area contributed by atoms with Gasteiger partial charge in [0.1, 0.15) is 19.0 Å². The highest BCUT2D eigenvalue weighted by atomic mass is 16.6. The Hall–Kier alpha value is -3.49. The lowest BCUT2D eigenvalue weighted by molar-refractivity contribution is -0.138. The standard InChI is InChI=1S/C14H14O3.C12H24N2O4/c1-9(14(15)16)10-3-4-12-8-13(17-2)6-5-11(12)7-10;1-5-6-12(4,7-17-10(13)15)8-18-11(16)14-9(2)3/h3-9H,1-2H3,(H,15,16);9H,5-8H2,1-4H3,(H2,13,15)(H,14,16)/t9-;/m0./s1. The molecule has 0 heterocycles. The van der Waals surface area contributed by atoms with Gasteiger partial charge in [0.15, 0.2) is 0 Å². The van der Waals surface area contributed by atoms with Gasteiger partial charge in [-0.3, -0.25) is 4.79 Å². The molecule has 0 spiro atoms. The van der Waals surface area contributed by atoms with Gasteiger partial charge in [0, 0.05) is 11.5 Å². The molecule has 2 aromatic rings. The van der Waals surface area contributed by atoms with Crippen molar-refractivity contribution in [2.75, 3.05) is 20.3 Å². The van der Waals surface area contributed by atoms with Crippen molar-refractivity contribution in [1.29, 1.82) is 0 Å². The lowest BCUT2D eigenvalue weighted by atomic mass is 9.87. The van der Waals surface area contributed by atoms with Crippen LogP contribution in [0, 0.1) is 5.41 Å². The van der Waals surface area contributed by atoms with Gasteiger partial charge in [0.05, 0.1) is 13.0 Å². The molecule has 2 atom stereocenters. The molecule has 0 aliphatic carbocycles. The Morgan fingerprint density at radius 1 is 1.03 bits per heavy atom. The van der Waals surface area contributed by atoms with Gasteiger partial charge in [-0.25, -0.2) is 9.59 Å². The molecule has 35 heavy (non-hydrogen) atoms. The summed E-state index contributed by atoms with van der Waals surface area (Å²) >= 11 is 0. The number of ether oxygens (including phenoxy) is 3. The van der Waals surface area contributed by atoms with Crippen LogP contribution in [0.1, 0.15) is 58.9 Å². The number of nitrogens with two attached hydrogens (primary N) is 1. The highest BCUT2D eigenvalue weighted by molar-refractivity contribution is 5.86. The minimum atomic E-state index is -0.816. The quantitative estimate of drug-likeness (QED) is 0.423. The monoisotopic (exact) mass is 490 g/mol. The predicted octanol–water partition coefficient (Wildman–Crippen LogP) is 5.06. The maximum Gasteiger partial charge on any atom is 0.407 e. The van der Waals surface area contributed by atoms with E-state index in [1.54, 1.807) is 14.0 Å². The zero-order valence-corrected chi connectivity index (χ0v) is 21.4. The molecule has 0 bridgehead atoms. The number of primary amides is 1. The maximum atomic E-state index is 11.4. The van der Waals surface area contributed by atoms with Crippen LogP contribution >= 0.6 is 0 Å². The minimum absolute atomic E-state index is 0.0248. The number of carbonyl (C=O) groups is 3. The predicted molar refractivity (Wildman–Crippen MR) is 135 cm³/mol. The van der Waals surface area contributed by atoms with Crippen LogP contribution in [0.3, 0.4) is 0 Å². The van der Waals surface area contributed by atoms with E-state index in [-0.39, 0.29) is 19.3 Å². The summed E-state index contributed by atoms with van der Waals surface area (Å²) < 4.78 is 15.1. The zero-order valence-electron chi connectivity index (χ0n) is 21.4. The Morgan fingerprint density at radius 2 is 1.63 bits per heavy atom. The van der Waals surface area contributed by atoms with Crippen molar-refractivity contribution in [2.24, 2.45) is 11.1 Å². The van der Waals surface area contributed by atoms with Crippen LogP contribution in [-0.2, 0) is 14.3 Å². The van der Waals surface area contributed by atoms with E-state index in [1.165, 1.54) is 0 Å². The number of methoxy groups -OCH3 is 1. The first-order chi connectivity index (χ1) is 16.4. The van der Waals surface area contributed by atoms with Gasteiger partial charge in [0.25, 0.3) is 0 Å². The van der Waals surface area contributed by atoms with E-state index in [9.17, 15) is 14.4 Å². The molecule has 9 heteroatoms. The molecule has 2 amide bonds. The van der Waals surface area contributed by atoms with E-state index in [0.717, 1.165) is 34.9 Å². The summed E-state index contributed by atoms with van der Waals surface area (Å²) in [5, 5.41) is 13.7. The molecule has 1 unspecified atom stereocenters. The summed E-state index contributed by atoms with van der Waals surface area (Å²) in [6, 6.07) is 11.5. The SMILES string of the molecule is CCCC(C)(COC(N)=O)COC(=O)NC(C)C.COc1ccc2cc([C@H](C)C(=O)O)ccc2c1. The van der Waals surface area contributed by atoms with Gasteiger partial charge in [0.2, 0.25) is 0 Å². The molecule has 0 fully saturated rings. The highest BCUT2D eigenvalue weighted by Crippen LogP contribution is 2.25. The van der Waals surface area contributed by atoms with Crippen molar-refractivity contribution < 1.29 is 33.7 Å². The number of aliphatic carboxylic acids is 1. The number of carboxylic acid groups (broad SMARTS) is 1. The van der Waals surface area contributed by atoms with Crippen molar-refractivity contribution in [3.05, 3.63) is 42.0 Å². The fourth-order valence-electron chi connectivity index (χ4n) is 3.33. The molecule has 4 N–H and O–H groups in total. The third kappa shape index (κ3) is 10.5. The summed E-state index contributed by atoms with van der Waals surface area (Å²) in [6.07, 6.45) is 0.388. The fraction of sp³-hybridized carbons (Fsp3) is 0.500. The Labute approximate surface area is 206 Å². The number of benzene rings is 2. The van der Waals surface area contributed by atoms with E-state index in [4.69, 9.17) is 25.1 Å². The van der Waals surface area contributed by atoms with E-state index >= 15 is 0 Å². The molecule has 194 valence electrons. The second-order valence-electron chi connectivity index (χ2n) is 9.08. The average molecular weight is 491 g/mol. The maximum absolute atomic E-state index is 11.4. The van der Waals surface area contributed by atoms with E-state index in [2.05, 4.69) is 5.32 Å². The molecule has 9 nitrogen and oxygen atoms in total. The summed E-state index contributed by atoms with van der Waals surface area (Å²) in [5.74, 6) is -0.490. The molecule has 0 saturated carbocycles. The van der Waals surface area contributed by atoms with Crippen molar-refractivity contribution in [3.63, 3.8) is 0 Å². The molecule has 0 aliphatic heterocycles. The Kier molecular flexibility index (Phi) is 11.8. The molecule has 0 saturated heterocycles. The molecular weight excluding hydrogens is 452 g/mol. The van der Waals surface area contributed by atoms with Gasteiger partial charge in [-0.2, -0.15) is 0 Å². The van der Waals surface area contributed by atoms with E-state index in [1.807, 2.05) is 64.1 Å². The second-order valence-corrected chi connectivity index (χ2v) is 9.08. The number of amides is 2. The summed E-state index contributed by atoms with van der Waals surface area (Å²) in [5.41, 5.74) is 5.35. The first-order valence-electron chi connectivity index (χ1n) is 11.6. The smallest absolute Gasteiger partial charge is 0.407 e. The molecular formula is C26H38N2O7. The summed E-state index contributed by atoms with van der Waals surface area (Å²) in [4.78, 5) is 32.9. The van der Waals surface area contributed by atoms with Gasteiger partial charge >= 0.3 is 18.2 Å². The summed E-state index contributed by atoms with van der Waals surface area (Å²) in [6.45, 7) is 9.62. The largest absolute Gasteiger partial charge is 0.497 e. The zero-order chi connectivity index (χ0) is 26.6. The number of carbonyl (C=O) groups excluding carboxylic acids is 2. The average Bonchev–Trinajstić information content (AvgIpc) is 2.80. The Bertz CT molecular complexity index is 993. The molecule has 2 aromatic carbocycles. The molecule has 0 aromatic heterocycles. The van der Waals surface area contributed by atoms with Crippen LogP contribution in [0.2, 0.25) is 0 Å². The number of carboxylic acids is 1. The molecule has 0 radical (unpaired) electrons. The van der Waals surface area contributed by atoms with Crippen molar-refractivity contribution in [1.82, 2.24) is 5.32 Å². The van der Waals surface area contributed by atoms with Gasteiger partial charge in [-0.15, -0.1) is 0 Å². The van der Waals surface area contributed by atoms with Crippen LogP contribution in [0.5, 0.6) is 5.75 Å². The number of rotatable bonds is 10. The van der Waals surface area contributed by atoms with Crippen molar-refractivity contribution in [2.45, 2.75) is 59.4 Å². The van der Waals surface area contributed by atoms with Crippen LogP contribution in [0.15, 0.2) is 36.4 Å². The third-order valence-corrected chi connectivity index (χ3v) is 5.32. The number of nitrogens with one attached hydrogen (secondary N) is 1.